The van der Waals surface area contributed by atoms with Crippen molar-refractivity contribution >= 4 is 11.8 Å². The molecule has 0 saturated carbocycles. The summed E-state index contributed by atoms with van der Waals surface area (Å²) in [6.45, 7) is 5.66. The van der Waals surface area contributed by atoms with Crippen molar-refractivity contribution in [2.45, 2.75) is 39.3 Å². The van der Waals surface area contributed by atoms with Crippen LogP contribution in [-0.2, 0) is 4.79 Å². The van der Waals surface area contributed by atoms with E-state index in [1.54, 1.807) is 6.92 Å². The molecule has 1 aromatic rings. The summed E-state index contributed by atoms with van der Waals surface area (Å²) >= 11 is 0. The summed E-state index contributed by atoms with van der Waals surface area (Å²) in [6, 6.07) is 0.841. The van der Waals surface area contributed by atoms with Gasteiger partial charge in [0.05, 0.1) is 17.9 Å². The van der Waals surface area contributed by atoms with E-state index in [1.807, 2.05) is 13.8 Å². The maximum Gasteiger partial charge on any atom is 0.255 e. The summed E-state index contributed by atoms with van der Waals surface area (Å²) in [4.78, 5) is 23.5. The zero-order valence-electron chi connectivity index (χ0n) is 12.1. The summed E-state index contributed by atoms with van der Waals surface area (Å²) in [6.07, 6.45) is 2.96. The van der Waals surface area contributed by atoms with Crippen LogP contribution in [0.1, 0.15) is 37.6 Å². The number of hydrogen-bond acceptors (Lipinski definition) is 4. The summed E-state index contributed by atoms with van der Waals surface area (Å²) in [5.41, 5.74) is 0.365. The van der Waals surface area contributed by atoms with E-state index < -0.39 is 12.1 Å². The van der Waals surface area contributed by atoms with Gasteiger partial charge in [0.15, 0.2) is 0 Å². The first-order valence-corrected chi connectivity index (χ1v) is 6.74. The molecule has 112 valence electrons. The van der Waals surface area contributed by atoms with Crippen LogP contribution in [-0.4, -0.2) is 35.6 Å². The van der Waals surface area contributed by atoms with Crippen molar-refractivity contribution in [3.05, 3.63) is 24.2 Å². The molecule has 0 saturated heterocycles. The minimum atomic E-state index is -0.679. The number of carbonyl (C=O) groups is 2. The highest BCUT2D eigenvalue weighted by Crippen LogP contribution is 2.06. The Morgan fingerprint density at radius 1 is 1.40 bits per heavy atom. The molecule has 1 rings (SSSR count). The summed E-state index contributed by atoms with van der Waals surface area (Å²) in [5, 5.41) is 14.9. The van der Waals surface area contributed by atoms with Gasteiger partial charge in [-0.05, 0) is 18.9 Å². The smallest absolute Gasteiger partial charge is 0.255 e. The van der Waals surface area contributed by atoms with Crippen LogP contribution in [0.25, 0.3) is 0 Å². The molecule has 6 nitrogen and oxygen atoms in total. The summed E-state index contributed by atoms with van der Waals surface area (Å²) in [7, 11) is 0. The Kier molecular flexibility index (Phi) is 6.24. The predicted molar refractivity (Wildman–Crippen MR) is 74.1 cm³/mol. The number of aliphatic hydroxyl groups is 1. The predicted octanol–water partition coefficient (Wildman–Crippen LogP) is 0.921. The maximum absolute atomic E-state index is 11.8. The lowest BCUT2D eigenvalue weighted by Crippen LogP contribution is -2.47. The fraction of sp³-hybridized carbons (Fsp3) is 0.571. The van der Waals surface area contributed by atoms with Crippen LogP contribution >= 0.6 is 0 Å². The summed E-state index contributed by atoms with van der Waals surface area (Å²) in [5.74, 6) is -0.584. The highest BCUT2D eigenvalue weighted by molar-refractivity contribution is 5.97. The van der Waals surface area contributed by atoms with Crippen molar-refractivity contribution in [1.82, 2.24) is 10.6 Å². The molecule has 0 aliphatic heterocycles. The highest BCUT2D eigenvalue weighted by atomic mass is 16.3. The molecule has 6 heteroatoms. The quantitative estimate of drug-likeness (QED) is 0.693. The molecule has 20 heavy (non-hydrogen) atoms. The van der Waals surface area contributed by atoms with Gasteiger partial charge >= 0.3 is 0 Å². The lowest BCUT2D eigenvalue weighted by molar-refractivity contribution is -0.123. The zero-order valence-corrected chi connectivity index (χ0v) is 12.1. The zero-order chi connectivity index (χ0) is 15.1. The molecule has 2 amide bonds. The van der Waals surface area contributed by atoms with Gasteiger partial charge in [-0.25, -0.2) is 0 Å². The van der Waals surface area contributed by atoms with Gasteiger partial charge in [0.2, 0.25) is 5.91 Å². The lowest BCUT2D eigenvalue weighted by atomic mass is 10.0. The number of nitrogens with one attached hydrogen (secondary N) is 2. The highest BCUT2D eigenvalue weighted by Gasteiger charge is 2.19. The molecule has 0 spiro atoms. The fourth-order valence-corrected chi connectivity index (χ4v) is 1.57. The van der Waals surface area contributed by atoms with Gasteiger partial charge < -0.3 is 20.2 Å². The Balaban J connectivity index is 2.38. The van der Waals surface area contributed by atoms with Gasteiger partial charge in [-0.2, -0.15) is 0 Å². The van der Waals surface area contributed by atoms with Gasteiger partial charge in [0, 0.05) is 6.54 Å². The molecule has 3 N–H and O–H groups in total. The van der Waals surface area contributed by atoms with E-state index in [0.29, 0.717) is 5.56 Å². The second-order valence-corrected chi connectivity index (χ2v) is 4.91. The number of furan rings is 1. The molecule has 3 atom stereocenters. The second-order valence-electron chi connectivity index (χ2n) is 4.91. The fourth-order valence-electron chi connectivity index (χ4n) is 1.57. The van der Waals surface area contributed by atoms with Crippen LogP contribution in [0.15, 0.2) is 23.0 Å². The molecule has 0 radical (unpaired) electrons. The average Bonchev–Trinajstić information content (AvgIpc) is 2.97. The SMILES string of the molecule is CCC(C)C(O)CNC(=O)C(C)NC(=O)c1ccoc1. The minimum Gasteiger partial charge on any atom is -0.472 e. The average molecular weight is 282 g/mol. The van der Waals surface area contributed by atoms with E-state index in [1.165, 1.54) is 18.6 Å². The number of aliphatic hydroxyl groups excluding tert-OH is 1. The largest absolute Gasteiger partial charge is 0.472 e. The van der Waals surface area contributed by atoms with Gasteiger partial charge in [-0.3, -0.25) is 9.59 Å². The molecule has 1 aromatic heterocycles. The Morgan fingerprint density at radius 2 is 2.10 bits per heavy atom. The summed E-state index contributed by atoms with van der Waals surface area (Å²) < 4.78 is 4.80. The van der Waals surface area contributed by atoms with Crippen LogP contribution in [0.3, 0.4) is 0 Å². The molecule has 0 aliphatic rings. The topological polar surface area (TPSA) is 91.6 Å². The Bertz CT molecular complexity index is 430. The van der Waals surface area contributed by atoms with E-state index in [2.05, 4.69) is 10.6 Å². The van der Waals surface area contributed by atoms with E-state index in [4.69, 9.17) is 4.42 Å². The third kappa shape index (κ3) is 4.70. The van der Waals surface area contributed by atoms with Crippen LogP contribution in [0.5, 0.6) is 0 Å². The maximum atomic E-state index is 11.8. The first-order chi connectivity index (χ1) is 9.45. The van der Waals surface area contributed by atoms with Gasteiger partial charge in [-0.1, -0.05) is 20.3 Å². The number of amides is 2. The van der Waals surface area contributed by atoms with E-state index in [9.17, 15) is 14.7 Å². The van der Waals surface area contributed by atoms with Gasteiger partial charge in [-0.15, -0.1) is 0 Å². The Hall–Kier alpha value is -1.82. The Morgan fingerprint density at radius 3 is 2.65 bits per heavy atom. The van der Waals surface area contributed by atoms with Crippen molar-refractivity contribution in [2.24, 2.45) is 5.92 Å². The van der Waals surface area contributed by atoms with E-state index >= 15 is 0 Å². The first-order valence-electron chi connectivity index (χ1n) is 6.74. The molecule has 0 aromatic carbocycles. The Labute approximate surface area is 118 Å². The van der Waals surface area contributed by atoms with Crippen LogP contribution < -0.4 is 10.6 Å². The van der Waals surface area contributed by atoms with Gasteiger partial charge in [0.1, 0.15) is 12.3 Å². The van der Waals surface area contributed by atoms with E-state index in [-0.39, 0.29) is 24.3 Å². The lowest BCUT2D eigenvalue weighted by Gasteiger charge is -2.19. The molecule has 0 bridgehead atoms. The van der Waals surface area contributed by atoms with Crippen LogP contribution in [0, 0.1) is 5.92 Å². The molecule has 3 unspecified atom stereocenters. The minimum absolute atomic E-state index is 0.117. The van der Waals surface area contributed by atoms with Crippen molar-refractivity contribution in [1.29, 1.82) is 0 Å². The molecule has 0 fully saturated rings. The van der Waals surface area contributed by atoms with Crippen LogP contribution in [0.4, 0.5) is 0 Å². The standard InChI is InChI=1S/C14H22N2O4/c1-4-9(2)12(17)7-15-13(18)10(3)16-14(19)11-5-6-20-8-11/h5-6,8-10,12,17H,4,7H2,1-3H3,(H,15,18)(H,16,19). The molecule has 1 heterocycles. The van der Waals surface area contributed by atoms with E-state index in [0.717, 1.165) is 6.42 Å². The third-order valence-corrected chi connectivity index (χ3v) is 3.31. The number of hydrogen-bond donors (Lipinski definition) is 3. The van der Waals surface area contributed by atoms with Crippen LogP contribution in [0.2, 0.25) is 0 Å². The van der Waals surface area contributed by atoms with Crippen molar-refractivity contribution < 1.29 is 19.1 Å². The molecular formula is C14H22N2O4. The number of rotatable bonds is 7. The van der Waals surface area contributed by atoms with Crippen molar-refractivity contribution in [3.8, 4) is 0 Å². The number of carbonyl (C=O) groups excluding carboxylic acids is 2. The molecule has 0 aliphatic carbocycles. The first kappa shape index (κ1) is 16.2. The third-order valence-electron chi connectivity index (χ3n) is 3.31. The van der Waals surface area contributed by atoms with Crippen molar-refractivity contribution in [3.63, 3.8) is 0 Å². The monoisotopic (exact) mass is 282 g/mol. The second kappa shape index (κ2) is 7.69. The van der Waals surface area contributed by atoms with Gasteiger partial charge in [0.25, 0.3) is 5.91 Å². The molecular weight excluding hydrogens is 260 g/mol. The van der Waals surface area contributed by atoms with Crippen molar-refractivity contribution in [2.75, 3.05) is 6.54 Å². The normalized spacial score (nSPS) is 15.2.